The first-order valence-corrected chi connectivity index (χ1v) is 8.23. The van der Waals surface area contributed by atoms with E-state index in [1.807, 2.05) is 4.90 Å². The molecule has 1 aliphatic rings. The van der Waals surface area contributed by atoms with Crippen molar-refractivity contribution in [3.05, 3.63) is 45.5 Å². The number of hydrogen-bond acceptors (Lipinski definition) is 6. The van der Waals surface area contributed by atoms with E-state index in [-0.39, 0.29) is 11.6 Å². The van der Waals surface area contributed by atoms with Crippen LogP contribution >= 0.6 is 11.3 Å². The molecule has 120 valence electrons. The Morgan fingerprint density at radius 1 is 1.26 bits per heavy atom. The van der Waals surface area contributed by atoms with E-state index in [4.69, 9.17) is 0 Å². The van der Waals surface area contributed by atoms with Gasteiger partial charge in [-0.1, -0.05) is 0 Å². The van der Waals surface area contributed by atoms with E-state index in [9.17, 15) is 14.9 Å². The Bertz CT molecular complexity index is 706. The summed E-state index contributed by atoms with van der Waals surface area (Å²) in [5.41, 5.74) is 1.25. The van der Waals surface area contributed by atoms with E-state index >= 15 is 0 Å². The summed E-state index contributed by atoms with van der Waals surface area (Å²) in [7, 11) is 0. The Morgan fingerprint density at radius 3 is 2.78 bits per heavy atom. The number of nitro groups is 1. The molecule has 1 aliphatic heterocycles. The van der Waals surface area contributed by atoms with Crippen molar-refractivity contribution < 1.29 is 9.72 Å². The molecule has 1 saturated heterocycles. The van der Waals surface area contributed by atoms with E-state index < -0.39 is 4.92 Å². The van der Waals surface area contributed by atoms with Crippen molar-refractivity contribution in [2.24, 2.45) is 0 Å². The molecule has 0 spiro atoms. The Hall–Kier alpha value is -2.32. The second-order valence-electron chi connectivity index (χ2n) is 5.24. The number of non-ortho nitro benzene ring substituents is 1. The molecular formula is C15H16N4O3S. The average molecular weight is 332 g/mol. The van der Waals surface area contributed by atoms with Crippen LogP contribution in [0.1, 0.15) is 16.9 Å². The molecule has 3 rings (SSSR count). The molecule has 1 aromatic heterocycles. The Labute approximate surface area is 137 Å². The maximum atomic E-state index is 12.5. The van der Waals surface area contributed by atoms with Gasteiger partial charge in [-0.25, -0.2) is 4.98 Å². The van der Waals surface area contributed by atoms with Crippen LogP contribution in [0, 0.1) is 10.1 Å². The third kappa shape index (κ3) is 3.54. The van der Waals surface area contributed by atoms with Crippen molar-refractivity contribution >= 4 is 22.9 Å². The highest BCUT2D eigenvalue weighted by molar-refractivity contribution is 7.13. The lowest BCUT2D eigenvalue weighted by Crippen LogP contribution is -2.34. The number of hydrogen-bond donors (Lipinski definition) is 1. The lowest BCUT2D eigenvalue weighted by molar-refractivity contribution is -0.384. The summed E-state index contributed by atoms with van der Waals surface area (Å²) in [5, 5.41) is 16.4. The average Bonchev–Trinajstić information content (AvgIpc) is 2.90. The smallest absolute Gasteiger partial charge is 0.273 e. The normalized spacial score (nSPS) is 15.2. The first kappa shape index (κ1) is 15.6. The molecule has 7 nitrogen and oxygen atoms in total. The number of carbonyl (C=O) groups is 1. The van der Waals surface area contributed by atoms with E-state index in [1.54, 1.807) is 17.5 Å². The predicted octanol–water partition coefficient (Wildman–Crippen LogP) is 2.15. The van der Waals surface area contributed by atoms with Crippen molar-refractivity contribution in [1.82, 2.24) is 15.2 Å². The molecule has 8 heteroatoms. The van der Waals surface area contributed by atoms with Gasteiger partial charge < -0.3 is 10.2 Å². The zero-order valence-electron chi connectivity index (χ0n) is 12.4. The summed E-state index contributed by atoms with van der Waals surface area (Å²) in [6.45, 7) is 3.14. The quantitative estimate of drug-likeness (QED) is 0.687. The SMILES string of the molecule is O=C(c1csc(-c2ccc([N+](=O)[O-])cc2)n1)N1CCCNCC1. The van der Waals surface area contributed by atoms with Crippen molar-refractivity contribution in [1.29, 1.82) is 0 Å². The fourth-order valence-corrected chi connectivity index (χ4v) is 3.24. The number of nitro benzene ring substituents is 1. The molecular weight excluding hydrogens is 316 g/mol. The number of thiazole rings is 1. The number of amides is 1. The molecule has 1 amide bonds. The van der Waals surface area contributed by atoms with E-state index in [2.05, 4.69) is 10.3 Å². The minimum Gasteiger partial charge on any atom is -0.336 e. The highest BCUT2D eigenvalue weighted by Gasteiger charge is 2.20. The van der Waals surface area contributed by atoms with Gasteiger partial charge in [0.15, 0.2) is 0 Å². The topological polar surface area (TPSA) is 88.4 Å². The molecule has 0 radical (unpaired) electrons. The third-order valence-corrected chi connectivity index (χ3v) is 4.57. The van der Waals surface area contributed by atoms with Gasteiger partial charge >= 0.3 is 0 Å². The lowest BCUT2D eigenvalue weighted by atomic mass is 10.2. The van der Waals surface area contributed by atoms with Gasteiger partial charge in [0, 0.05) is 42.7 Å². The highest BCUT2D eigenvalue weighted by atomic mass is 32.1. The Balaban J connectivity index is 1.76. The molecule has 2 aromatic rings. The molecule has 23 heavy (non-hydrogen) atoms. The van der Waals surface area contributed by atoms with Crippen LogP contribution in [0.2, 0.25) is 0 Å². The van der Waals surface area contributed by atoms with Crippen LogP contribution in [0.25, 0.3) is 10.6 Å². The van der Waals surface area contributed by atoms with Gasteiger partial charge in [0.2, 0.25) is 0 Å². The predicted molar refractivity (Wildman–Crippen MR) is 87.6 cm³/mol. The molecule has 2 heterocycles. The zero-order valence-corrected chi connectivity index (χ0v) is 13.2. The van der Waals surface area contributed by atoms with Gasteiger partial charge in [0.25, 0.3) is 11.6 Å². The standard InChI is InChI=1S/C15H16N4O3S/c20-15(18-8-1-6-16-7-9-18)13-10-23-14(17-13)11-2-4-12(5-3-11)19(21)22/h2-5,10,16H,1,6-9H2. The molecule has 0 unspecified atom stereocenters. The van der Waals surface area contributed by atoms with Gasteiger partial charge in [-0.05, 0) is 25.1 Å². The summed E-state index contributed by atoms with van der Waals surface area (Å²) in [5.74, 6) is -0.0573. The van der Waals surface area contributed by atoms with Crippen LogP contribution in [0.3, 0.4) is 0 Å². The number of aromatic nitrogens is 1. The molecule has 1 aromatic carbocycles. The van der Waals surface area contributed by atoms with Crippen molar-refractivity contribution in [3.63, 3.8) is 0 Å². The van der Waals surface area contributed by atoms with Crippen molar-refractivity contribution in [2.75, 3.05) is 26.2 Å². The molecule has 1 fully saturated rings. The van der Waals surface area contributed by atoms with Gasteiger partial charge in [0.1, 0.15) is 10.7 Å². The molecule has 0 aliphatic carbocycles. The number of rotatable bonds is 3. The number of benzene rings is 1. The molecule has 0 saturated carbocycles. The largest absolute Gasteiger partial charge is 0.336 e. The van der Waals surface area contributed by atoms with Gasteiger partial charge in [-0.2, -0.15) is 0 Å². The molecule has 0 atom stereocenters. The van der Waals surface area contributed by atoms with Gasteiger partial charge in [-0.3, -0.25) is 14.9 Å². The van der Waals surface area contributed by atoms with E-state index in [0.29, 0.717) is 17.2 Å². The van der Waals surface area contributed by atoms with Crippen LogP contribution < -0.4 is 5.32 Å². The first-order chi connectivity index (χ1) is 11.1. The van der Waals surface area contributed by atoms with Crippen LogP contribution in [0.5, 0.6) is 0 Å². The summed E-state index contributed by atoms with van der Waals surface area (Å²) < 4.78 is 0. The first-order valence-electron chi connectivity index (χ1n) is 7.35. The van der Waals surface area contributed by atoms with Crippen LogP contribution in [0.4, 0.5) is 5.69 Å². The molecule has 0 bridgehead atoms. The number of nitrogens with one attached hydrogen (secondary N) is 1. The zero-order chi connectivity index (χ0) is 16.2. The minimum atomic E-state index is -0.437. The summed E-state index contributed by atoms with van der Waals surface area (Å²) >= 11 is 1.37. The summed E-state index contributed by atoms with van der Waals surface area (Å²) in [4.78, 5) is 29.0. The van der Waals surface area contributed by atoms with E-state index in [1.165, 1.54) is 23.5 Å². The maximum Gasteiger partial charge on any atom is 0.273 e. The second kappa shape index (κ2) is 6.84. The monoisotopic (exact) mass is 332 g/mol. The Morgan fingerprint density at radius 2 is 2.04 bits per heavy atom. The fraction of sp³-hybridized carbons (Fsp3) is 0.333. The van der Waals surface area contributed by atoms with Gasteiger partial charge in [-0.15, -0.1) is 11.3 Å². The number of nitrogens with zero attached hydrogens (tertiary/aromatic N) is 3. The Kier molecular flexibility index (Phi) is 4.63. The van der Waals surface area contributed by atoms with Crippen LogP contribution in [0.15, 0.2) is 29.6 Å². The minimum absolute atomic E-state index is 0.0404. The van der Waals surface area contributed by atoms with Gasteiger partial charge in [0.05, 0.1) is 4.92 Å². The highest BCUT2D eigenvalue weighted by Crippen LogP contribution is 2.26. The lowest BCUT2D eigenvalue weighted by Gasteiger charge is -2.18. The van der Waals surface area contributed by atoms with Crippen LogP contribution in [-0.2, 0) is 0 Å². The maximum absolute atomic E-state index is 12.5. The second-order valence-corrected chi connectivity index (χ2v) is 6.10. The summed E-state index contributed by atoms with van der Waals surface area (Å²) in [6, 6.07) is 6.19. The third-order valence-electron chi connectivity index (χ3n) is 3.68. The summed E-state index contributed by atoms with van der Waals surface area (Å²) in [6.07, 6.45) is 0.936. The van der Waals surface area contributed by atoms with E-state index in [0.717, 1.165) is 31.6 Å². The van der Waals surface area contributed by atoms with Crippen LogP contribution in [-0.4, -0.2) is 46.9 Å². The fourth-order valence-electron chi connectivity index (χ4n) is 2.44. The van der Waals surface area contributed by atoms with Crippen molar-refractivity contribution in [3.8, 4) is 10.6 Å². The molecule has 1 N–H and O–H groups in total. The number of carbonyl (C=O) groups excluding carboxylic acids is 1. The van der Waals surface area contributed by atoms with Crippen molar-refractivity contribution in [2.45, 2.75) is 6.42 Å².